The van der Waals surface area contributed by atoms with Crippen LogP contribution >= 0.6 is 0 Å². The first-order valence-electron chi connectivity index (χ1n) is 5.18. The zero-order valence-corrected chi connectivity index (χ0v) is 8.24. The zero-order chi connectivity index (χ0) is 9.64. The number of hydrogen-bond donors (Lipinski definition) is 2. The van der Waals surface area contributed by atoms with Crippen molar-refractivity contribution in [1.29, 1.82) is 0 Å². The fourth-order valence-electron chi connectivity index (χ4n) is 1.72. The van der Waals surface area contributed by atoms with E-state index >= 15 is 0 Å². The Morgan fingerprint density at radius 1 is 1.43 bits per heavy atom. The van der Waals surface area contributed by atoms with Crippen LogP contribution in [-0.4, -0.2) is 29.1 Å². The van der Waals surface area contributed by atoms with E-state index in [1.54, 1.807) is 18.6 Å². The molecular weight excluding hydrogens is 176 g/mol. The molecule has 2 heterocycles. The SMILES string of the molecule is c1cnc(NC[C@@H]2CCCCN2)cn1. The van der Waals surface area contributed by atoms with E-state index in [0.717, 1.165) is 18.9 Å². The van der Waals surface area contributed by atoms with Gasteiger partial charge in [-0.15, -0.1) is 0 Å². The highest BCUT2D eigenvalue weighted by atomic mass is 15.0. The Morgan fingerprint density at radius 3 is 3.14 bits per heavy atom. The van der Waals surface area contributed by atoms with Gasteiger partial charge in [0.25, 0.3) is 0 Å². The number of nitrogens with zero attached hydrogens (tertiary/aromatic N) is 2. The van der Waals surface area contributed by atoms with Gasteiger partial charge in [-0.25, -0.2) is 4.98 Å². The van der Waals surface area contributed by atoms with Gasteiger partial charge in [0.2, 0.25) is 0 Å². The van der Waals surface area contributed by atoms with Crippen molar-refractivity contribution in [2.75, 3.05) is 18.4 Å². The standard InChI is InChI=1S/C10H16N4/c1-2-4-12-9(3-1)7-14-10-8-11-5-6-13-10/h5-6,8-9,12H,1-4,7H2,(H,13,14)/t9-/m0/s1. The van der Waals surface area contributed by atoms with E-state index in [4.69, 9.17) is 0 Å². The lowest BCUT2D eigenvalue weighted by atomic mass is 10.1. The number of hydrogen-bond acceptors (Lipinski definition) is 4. The normalized spacial score (nSPS) is 21.9. The second kappa shape index (κ2) is 4.91. The van der Waals surface area contributed by atoms with Crippen LogP contribution in [0.5, 0.6) is 0 Å². The van der Waals surface area contributed by atoms with Gasteiger partial charge < -0.3 is 10.6 Å². The van der Waals surface area contributed by atoms with Gasteiger partial charge >= 0.3 is 0 Å². The van der Waals surface area contributed by atoms with Crippen molar-refractivity contribution in [2.24, 2.45) is 0 Å². The molecule has 0 unspecified atom stereocenters. The highest BCUT2D eigenvalue weighted by Gasteiger charge is 2.11. The van der Waals surface area contributed by atoms with Gasteiger partial charge in [0.05, 0.1) is 6.20 Å². The minimum Gasteiger partial charge on any atom is -0.367 e. The summed E-state index contributed by atoms with van der Waals surface area (Å²) in [6, 6.07) is 0.589. The van der Waals surface area contributed by atoms with Gasteiger partial charge in [0, 0.05) is 25.0 Å². The molecular formula is C10H16N4. The van der Waals surface area contributed by atoms with Gasteiger partial charge in [-0.05, 0) is 19.4 Å². The van der Waals surface area contributed by atoms with Gasteiger partial charge in [-0.2, -0.15) is 0 Å². The fourth-order valence-corrected chi connectivity index (χ4v) is 1.72. The highest BCUT2D eigenvalue weighted by Crippen LogP contribution is 2.07. The van der Waals surface area contributed by atoms with Crippen molar-refractivity contribution in [3.63, 3.8) is 0 Å². The Labute approximate surface area is 84.2 Å². The van der Waals surface area contributed by atoms with Crippen LogP contribution in [0.1, 0.15) is 19.3 Å². The van der Waals surface area contributed by atoms with Crippen LogP contribution in [-0.2, 0) is 0 Å². The maximum atomic E-state index is 4.16. The number of piperidine rings is 1. The van der Waals surface area contributed by atoms with Crippen LogP contribution in [0.2, 0.25) is 0 Å². The largest absolute Gasteiger partial charge is 0.367 e. The van der Waals surface area contributed by atoms with Gasteiger partial charge in [-0.1, -0.05) is 6.42 Å². The lowest BCUT2D eigenvalue weighted by Crippen LogP contribution is -2.39. The topological polar surface area (TPSA) is 49.8 Å². The molecule has 0 aromatic carbocycles. The molecule has 1 fully saturated rings. The molecule has 2 rings (SSSR count). The zero-order valence-electron chi connectivity index (χ0n) is 8.24. The average Bonchev–Trinajstić information content (AvgIpc) is 2.29. The smallest absolute Gasteiger partial charge is 0.144 e. The summed E-state index contributed by atoms with van der Waals surface area (Å²) in [6.07, 6.45) is 9.04. The average molecular weight is 192 g/mol. The summed E-state index contributed by atoms with van der Waals surface area (Å²) >= 11 is 0. The van der Waals surface area contributed by atoms with E-state index in [2.05, 4.69) is 20.6 Å². The Bertz CT molecular complexity index is 256. The molecule has 0 bridgehead atoms. The third-order valence-electron chi connectivity index (χ3n) is 2.51. The first kappa shape index (κ1) is 9.40. The minimum atomic E-state index is 0.589. The maximum Gasteiger partial charge on any atom is 0.144 e. The van der Waals surface area contributed by atoms with Crippen LogP contribution in [0.4, 0.5) is 5.82 Å². The molecule has 2 N–H and O–H groups in total. The van der Waals surface area contributed by atoms with Crippen LogP contribution < -0.4 is 10.6 Å². The monoisotopic (exact) mass is 192 g/mol. The van der Waals surface area contributed by atoms with Crippen LogP contribution in [0.25, 0.3) is 0 Å². The summed E-state index contributed by atoms with van der Waals surface area (Å²) in [7, 11) is 0. The second-order valence-electron chi connectivity index (χ2n) is 3.62. The molecule has 1 saturated heterocycles. The Balaban J connectivity index is 1.76. The van der Waals surface area contributed by atoms with Crippen molar-refractivity contribution in [3.05, 3.63) is 18.6 Å². The minimum absolute atomic E-state index is 0.589. The molecule has 0 spiro atoms. The summed E-state index contributed by atoms with van der Waals surface area (Å²) in [5.41, 5.74) is 0. The van der Waals surface area contributed by atoms with Gasteiger partial charge in [0.1, 0.15) is 5.82 Å². The molecule has 1 atom stereocenters. The molecule has 4 heteroatoms. The molecule has 1 aliphatic heterocycles. The molecule has 0 amide bonds. The van der Waals surface area contributed by atoms with Crippen molar-refractivity contribution >= 4 is 5.82 Å². The van der Waals surface area contributed by atoms with Crippen molar-refractivity contribution < 1.29 is 0 Å². The van der Waals surface area contributed by atoms with Gasteiger partial charge in [-0.3, -0.25) is 4.98 Å². The fraction of sp³-hybridized carbons (Fsp3) is 0.600. The number of nitrogens with one attached hydrogen (secondary N) is 2. The second-order valence-corrected chi connectivity index (χ2v) is 3.62. The molecule has 76 valence electrons. The third-order valence-corrected chi connectivity index (χ3v) is 2.51. The number of anilines is 1. The predicted octanol–water partition coefficient (Wildman–Crippen LogP) is 1.03. The third kappa shape index (κ3) is 2.67. The Kier molecular flexibility index (Phi) is 3.29. The van der Waals surface area contributed by atoms with Gasteiger partial charge in [0.15, 0.2) is 0 Å². The quantitative estimate of drug-likeness (QED) is 0.751. The van der Waals surface area contributed by atoms with E-state index in [9.17, 15) is 0 Å². The van der Waals surface area contributed by atoms with E-state index in [0.29, 0.717) is 6.04 Å². The summed E-state index contributed by atoms with van der Waals surface area (Å²) in [5, 5.41) is 6.76. The summed E-state index contributed by atoms with van der Waals surface area (Å²) in [5.74, 6) is 0.861. The van der Waals surface area contributed by atoms with Crippen LogP contribution in [0, 0.1) is 0 Å². The van der Waals surface area contributed by atoms with E-state index in [1.807, 2.05) is 0 Å². The van der Waals surface area contributed by atoms with E-state index in [-0.39, 0.29) is 0 Å². The molecule has 14 heavy (non-hydrogen) atoms. The van der Waals surface area contributed by atoms with E-state index < -0.39 is 0 Å². The van der Waals surface area contributed by atoms with Crippen molar-refractivity contribution in [1.82, 2.24) is 15.3 Å². The Hall–Kier alpha value is -1.16. The molecule has 4 nitrogen and oxygen atoms in total. The molecule has 0 aliphatic carbocycles. The lowest BCUT2D eigenvalue weighted by Gasteiger charge is -2.23. The molecule has 1 aliphatic rings. The van der Waals surface area contributed by atoms with Crippen LogP contribution in [0.15, 0.2) is 18.6 Å². The number of rotatable bonds is 3. The van der Waals surface area contributed by atoms with Crippen molar-refractivity contribution in [2.45, 2.75) is 25.3 Å². The number of aromatic nitrogens is 2. The van der Waals surface area contributed by atoms with Crippen LogP contribution in [0.3, 0.4) is 0 Å². The summed E-state index contributed by atoms with van der Waals surface area (Å²) < 4.78 is 0. The maximum absolute atomic E-state index is 4.16. The first-order valence-corrected chi connectivity index (χ1v) is 5.18. The Morgan fingerprint density at radius 2 is 2.43 bits per heavy atom. The summed E-state index contributed by atoms with van der Waals surface area (Å²) in [6.45, 7) is 2.09. The molecule has 1 aromatic rings. The van der Waals surface area contributed by atoms with Crippen molar-refractivity contribution in [3.8, 4) is 0 Å². The molecule has 1 aromatic heterocycles. The summed E-state index contributed by atoms with van der Waals surface area (Å²) in [4.78, 5) is 8.16. The lowest BCUT2D eigenvalue weighted by molar-refractivity contribution is 0.414. The first-order chi connectivity index (χ1) is 6.95. The molecule has 0 radical (unpaired) electrons. The van der Waals surface area contributed by atoms with E-state index in [1.165, 1.54) is 19.3 Å². The molecule has 0 saturated carbocycles. The predicted molar refractivity (Wildman–Crippen MR) is 56.2 cm³/mol. The highest BCUT2D eigenvalue weighted by molar-refractivity contribution is 5.29.